The molecule has 0 saturated carbocycles. The van der Waals surface area contributed by atoms with Gasteiger partial charge in [0, 0.05) is 11.3 Å². The molecule has 2 aromatic carbocycles. The fourth-order valence-corrected chi connectivity index (χ4v) is 2.95. The fourth-order valence-electron chi connectivity index (χ4n) is 2.20. The molecule has 0 saturated heterocycles. The summed E-state index contributed by atoms with van der Waals surface area (Å²) in [5, 5.41) is 2.83. The quantitative estimate of drug-likeness (QED) is 0.584. The number of carbonyl (C=O) groups is 2. The van der Waals surface area contributed by atoms with Crippen molar-refractivity contribution >= 4 is 29.1 Å². The molecule has 0 aliphatic carbocycles. The number of benzene rings is 2. The SMILES string of the molecule is CC(=O)c1cccc(NC(=O)CSCCCc2ccccc2)c1. The fraction of sp³-hybridized carbons (Fsp3) is 0.263. The van der Waals surface area contributed by atoms with Gasteiger partial charge >= 0.3 is 0 Å². The van der Waals surface area contributed by atoms with Crippen molar-refractivity contribution < 1.29 is 9.59 Å². The minimum absolute atomic E-state index is 0.00335. The monoisotopic (exact) mass is 327 g/mol. The minimum Gasteiger partial charge on any atom is -0.325 e. The van der Waals surface area contributed by atoms with E-state index >= 15 is 0 Å². The highest BCUT2D eigenvalue weighted by Gasteiger charge is 2.05. The number of ketones is 1. The van der Waals surface area contributed by atoms with Crippen molar-refractivity contribution in [2.45, 2.75) is 19.8 Å². The lowest BCUT2D eigenvalue weighted by molar-refractivity contribution is -0.113. The van der Waals surface area contributed by atoms with E-state index in [4.69, 9.17) is 0 Å². The number of carbonyl (C=O) groups excluding carboxylic acids is 2. The molecule has 120 valence electrons. The highest BCUT2D eigenvalue weighted by atomic mass is 32.2. The summed E-state index contributed by atoms with van der Waals surface area (Å²) in [6.07, 6.45) is 2.10. The summed E-state index contributed by atoms with van der Waals surface area (Å²) in [7, 11) is 0. The molecule has 3 nitrogen and oxygen atoms in total. The number of thioether (sulfide) groups is 1. The first-order chi connectivity index (χ1) is 11.1. The van der Waals surface area contributed by atoms with E-state index in [1.807, 2.05) is 18.2 Å². The molecule has 0 radical (unpaired) electrons. The Hall–Kier alpha value is -2.07. The molecule has 0 aromatic heterocycles. The van der Waals surface area contributed by atoms with Gasteiger partial charge in [-0.1, -0.05) is 42.5 Å². The summed E-state index contributed by atoms with van der Waals surface area (Å²) < 4.78 is 0. The van der Waals surface area contributed by atoms with Crippen LogP contribution in [0.3, 0.4) is 0 Å². The van der Waals surface area contributed by atoms with Crippen LogP contribution in [0, 0.1) is 0 Å². The Morgan fingerprint density at radius 1 is 1.04 bits per heavy atom. The summed E-state index contributed by atoms with van der Waals surface area (Å²) in [5.74, 6) is 1.35. The number of amides is 1. The number of hydrogen-bond acceptors (Lipinski definition) is 3. The van der Waals surface area contributed by atoms with Crippen LogP contribution in [0.4, 0.5) is 5.69 Å². The van der Waals surface area contributed by atoms with Crippen LogP contribution in [0.15, 0.2) is 54.6 Å². The summed E-state index contributed by atoms with van der Waals surface area (Å²) in [6.45, 7) is 1.52. The van der Waals surface area contributed by atoms with Gasteiger partial charge in [0.2, 0.25) is 5.91 Å². The zero-order valence-corrected chi connectivity index (χ0v) is 14.1. The third-order valence-corrected chi connectivity index (χ3v) is 4.43. The van der Waals surface area contributed by atoms with Gasteiger partial charge in [0.15, 0.2) is 5.78 Å². The van der Waals surface area contributed by atoms with Gasteiger partial charge in [-0.05, 0) is 43.2 Å². The average molecular weight is 327 g/mol. The van der Waals surface area contributed by atoms with Crippen molar-refractivity contribution in [3.63, 3.8) is 0 Å². The summed E-state index contributed by atoms with van der Waals surface area (Å²) in [5.41, 5.74) is 2.62. The largest absolute Gasteiger partial charge is 0.325 e. The van der Waals surface area contributed by atoms with Crippen LogP contribution in [-0.4, -0.2) is 23.2 Å². The molecule has 0 heterocycles. The topological polar surface area (TPSA) is 46.2 Å². The number of nitrogens with one attached hydrogen (secondary N) is 1. The third kappa shape index (κ3) is 6.28. The Bertz CT molecular complexity index is 655. The van der Waals surface area contributed by atoms with E-state index in [9.17, 15) is 9.59 Å². The highest BCUT2D eigenvalue weighted by Crippen LogP contribution is 2.13. The lowest BCUT2D eigenvalue weighted by atomic mass is 10.1. The van der Waals surface area contributed by atoms with Gasteiger partial charge in [0.1, 0.15) is 0 Å². The molecule has 4 heteroatoms. The lowest BCUT2D eigenvalue weighted by Gasteiger charge is -2.06. The number of anilines is 1. The highest BCUT2D eigenvalue weighted by molar-refractivity contribution is 7.99. The van der Waals surface area contributed by atoms with Crippen LogP contribution in [0.5, 0.6) is 0 Å². The van der Waals surface area contributed by atoms with Crippen LogP contribution < -0.4 is 5.32 Å². The van der Waals surface area contributed by atoms with Crippen molar-refractivity contribution in [2.75, 3.05) is 16.8 Å². The van der Waals surface area contributed by atoms with E-state index < -0.39 is 0 Å². The van der Waals surface area contributed by atoms with Crippen molar-refractivity contribution in [1.82, 2.24) is 0 Å². The van der Waals surface area contributed by atoms with Crippen molar-refractivity contribution in [3.8, 4) is 0 Å². The standard InChI is InChI=1S/C19H21NO2S/c1-15(21)17-10-5-11-18(13-17)20-19(22)14-23-12-6-9-16-7-3-2-4-8-16/h2-5,7-8,10-11,13H,6,9,12,14H2,1H3,(H,20,22). The van der Waals surface area contributed by atoms with Crippen molar-refractivity contribution in [3.05, 3.63) is 65.7 Å². The maximum atomic E-state index is 11.9. The molecule has 0 bridgehead atoms. The summed E-state index contributed by atoms with van der Waals surface area (Å²) >= 11 is 1.63. The molecule has 2 aromatic rings. The van der Waals surface area contributed by atoms with E-state index in [0.717, 1.165) is 18.6 Å². The second-order valence-electron chi connectivity index (χ2n) is 5.33. The average Bonchev–Trinajstić information content (AvgIpc) is 2.55. The predicted molar refractivity (Wildman–Crippen MR) is 97.2 cm³/mol. The molecule has 1 N–H and O–H groups in total. The molecule has 0 aliphatic heterocycles. The van der Waals surface area contributed by atoms with Crippen LogP contribution in [-0.2, 0) is 11.2 Å². The van der Waals surface area contributed by atoms with E-state index in [-0.39, 0.29) is 11.7 Å². The first-order valence-corrected chi connectivity index (χ1v) is 8.83. The normalized spacial score (nSPS) is 10.3. The van der Waals surface area contributed by atoms with Crippen LogP contribution in [0.1, 0.15) is 29.3 Å². The molecule has 0 spiro atoms. The molecule has 0 atom stereocenters. The second-order valence-corrected chi connectivity index (χ2v) is 6.43. The summed E-state index contributed by atoms with van der Waals surface area (Å²) in [4.78, 5) is 23.2. The van der Waals surface area contributed by atoms with Crippen LogP contribution >= 0.6 is 11.8 Å². The molecule has 0 aliphatic rings. The zero-order chi connectivity index (χ0) is 16.5. The van der Waals surface area contributed by atoms with Gasteiger partial charge in [0.05, 0.1) is 5.75 Å². The van der Waals surface area contributed by atoms with Crippen LogP contribution in [0.25, 0.3) is 0 Å². The van der Waals surface area contributed by atoms with Gasteiger partial charge in [-0.15, -0.1) is 0 Å². The first-order valence-electron chi connectivity index (χ1n) is 7.67. The molecular formula is C19H21NO2S. The van der Waals surface area contributed by atoms with E-state index in [1.54, 1.807) is 36.0 Å². The Kier molecular flexibility index (Phi) is 6.88. The Morgan fingerprint density at radius 3 is 2.57 bits per heavy atom. The Morgan fingerprint density at radius 2 is 1.83 bits per heavy atom. The second kappa shape index (κ2) is 9.16. The maximum absolute atomic E-state index is 11.9. The summed E-state index contributed by atoms with van der Waals surface area (Å²) in [6, 6.07) is 17.4. The first kappa shape index (κ1) is 17.3. The zero-order valence-electron chi connectivity index (χ0n) is 13.2. The molecule has 23 heavy (non-hydrogen) atoms. The van der Waals surface area contributed by atoms with Gasteiger partial charge in [-0.3, -0.25) is 9.59 Å². The number of Topliss-reactive ketones (excluding diaryl/α,β-unsaturated/α-hetero) is 1. The maximum Gasteiger partial charge on any atom is 0.234 e. The van der Waals surface area contributed by atoms with Crippen molar-refractivity contribution in [1.29, 1.82) is 0 Å². The molecule has 1 amide bonds. The van der Waals surface area contributed by atoms with Gasteiger partial charge in [0.25, 0.3) is 0 Å². The third-order valence-electron chi connectivity index (χ3n) is 3.38. The molecule has 0 unspecified atom stereocenters. The Labute approximate surface area is 141 Å². The number of hydrogen-bond donors (Lipinski definition) is 1. The van der Waals surface area contributed by atoms with E-state index in [0.29, 0.717) is 17.0 Å². The minimum atomic E-state index is -0.0320. The lowest BCUT2D eigenvalue weighted by Crippen LogP contribution is -2.14. The smallest absolute Gasteiger partial charge is 0.234 e. The van der Waals surface area contributed by atoms with Gasteiger partial charge < -0.3 is 5.32 Å². The number of aryl methyl sites for hydroxylation is 1. The number of rotatable bonds is 8. The molecule has 2 rings (SSSR count). The van der Waals surface area contributed by atoms with E-state index in [1.165, 1.54) is 12.5 Å². The van der Waals surface area contributed by atoms with Crippen molar-refractivity contribution in [2.24, 2.45) is 0 Å². The van der Waals surface area contributed by atoms with Gasteiger partial charge in [-0.2, -0.15) is 11.8 Å². The Balaban J connectivity index is 1.67. The molecular weight excluding hydrogens is 306 g/mol. The van der Waals surface area contributed by atoms with Gasteiger partial charge in [-0.25, -0.2) is 0 Å². The molecule has 0 fully saturated rings. The predicted octanol–water partition coefficient (Wildman–Crippen LogP) is 4.19. The van der Waals surface area contributed by atoms with E-state index in [2.05, 4.69) is 17.4 Å². The van der Waals surface area contributed by atoms with Crippen LogP contribution in [0.2, 0.25) is 0 Å².